The van der Waals surface area contributed by atoms with Crippen LogP contribution < -0.4 is 5.32 Å². The number of carbonyl (C=O) groups excluding carboxylic acids is 1. The zero-order valence-corrected chi connectivity index (χ0v) is 12.4. The number of benzene rings is 2. The molecule has 0 heterocycles. The third-order valence-corrected chi connectivity index (χ3v) is 3.56. The van der Waals surface area contributed by atoms with Crippen LogP contribution >= 0.6 is 27.5 Å². The number of amides is 1. The second kappa shape index (κ2) is 5.63. The van der Waals surface area contributed by atoms with E-state index in [1.807, 2.05) is 0 Å². The third-order valence-electron chi connectivity index (χ3n) is 2.63. The van der Waals surface area contributed by atoms with Crippen molar-refractivity contribution in [2.45, 2.75) is 6.92 Å². The summed E-state index contributed by atoms with van der Waals surface area (Å²) in [4.78, 5) is 12.2. The molecular formula is C14H11BrClNO2. The lowest BCUT2D eigenvalue weighted by atomic mass is 10.1. The van der Waals surface area contributed by atoms with E-state index in [2.05, 4.69) is 21.2 Å². The van der Waals surface area contributed by atoms with Gasteiger partial charge >= 0.3 is 0 Å². The average molecular weight is 341 g/mol. The van der Waals surface area contributed by atoms with E-state index in [0.717, 1.165) is 4.47 Å². The Kier molecular flexibility index (Phi) is 4.12. The van der Waals surface area contributed by atoms with Gasteiger partial charge in [0.1, 0.15) is 5.75 Å². The topological polar surface area (TPSA) is 49.3 Å². The maximum absolute atomic E-state index is 12.2. The summed E-state index contributed by atoms with van der Waals surface area (Å²) < 4.78 is 0.752. The highest BCUT2D eigenvalue weighted by Crippen LogP contribution is 2.27. The molecule has 0 atom stereocenters. The first-order chi connectivity index (χ1) is 8.97. The van der Waals surface area contributed by atoms with Crippen LogP contribution in [0.1, 0.15) is 15.9 Å². The Morgan fingerprint density at radius 1 is 1.26 bits per heavy atom. The number of anilines is 1. The van der Waals surface area contributed by atoms with Gasteiger partial charge in [0.25, 0.3) is 5.91 Å². The van der Waals surface area contributed by atoms with E-state index in [0.29, 0.717) is 21.8 Å². The predicted octanol–water partition coefficient (Wildman–Crippen LogP) is 4.37. The van der Waals surface area contributed by atoms with Gasteiger partial charge in [-0.3, -0.25) is 4.79 Å². The molecule has 0 aliphatic carbocycles. The largest absolute Gasteiger partial charge is 0.508 e. The number of phenolic OH excluding ortho intramolecular Hbond substituents is 1. The van der Waals surface area contributed by atoms with E-state index in [1.54, 1.807) is 37.3 Å². The minimum Gasteiger partial charge on any atom is -0.508 e. The van der Waals surface area contributed by atoms with Gasteiger partial charge in [-0.1, -0.05) is 11.6 Å². The molecule has 0 radical (unpaired) electrons. The maximum atomic E-state index is 12.2. The highest BCUT2D eigenvalue weighted by Gasteiger charge is 2.11. The Bertz CT molecular complexity index is 643. The lowest BCUT2D eigenvalue weighted by Crippen LogP contribution is -2.13. The van der Waals surface area contributed by atoms with Crippen LogP contribution in [0, 0.1) is 6.92 Å². The fourth-order valence-electron chi connectivity index (χ4n) is 1.69. The highest BCUT2D eigenvalue weighted by molar-refractivity contribution is 9.10. The third kappa shape index (κ3) is 3.28. The normalized spacial score (nSPS) is 10.3. The summed E-state index contributed by atoms with van der Waals surface area (Å²) in [5.41, 5.74) is 1.81. The molecule has 98 valence electrons. The van der Waals surface area contributed by atoms with Gasteiger partial charge < -0.3 is 10.4 Å². The van der Waals surface area contributed by atoms with Crippen molar-refractivity contribution < 1.29 is 9.90 Å². The fraction of sp³-hybridized carbons (Fsp3) is 0.0714. The fourth-order valence-corrected chi connectivity index (χ4v) is 2.20. The summed E-state index contributed by atoms with van der Waals surface area (Å²) in [7, 11) is 0. The van der Waals surface area contributed by atoms with Crippen molar-refractivity contribution in [2.24, 2.45) is 0 Å². The lowest BCUT2D eigenvalue weighted by Gasteiger charge is -2.10. The van der Waals surface area contributed by atoms with Gasteiger partial charge in [0, 0.05) is 15.1 Å². The van der Waals surface area contributed by atoms with Crippen LogP contribution in [-0.4, -0.2) is 11.0 Å². The Morgan fingerprint density at radius 3 is 2.68 bits per heavy atom. The molecule has 0 saturated carbocycles. The standard InChI is InChI=1S/C14H11BrClNO2/c1-8-6-10(18)3-4-11(8)14(19)17-13-7-9(16)2-5-12(13)15/h2-7,18H,1H3,(H,17,19). The molecular weight excluding hydrogens is 330 g/mol. The zero-order valence-electron chi connectivity index (χ0n) is 10.1. The van der Waals surface area contributed by atoms with Crippen molar-refractivity contribution in [3.05, 3.63) is 57.0 Å². The van der Waals surface area contributed by atoms with Crippen LogP contribution in [0.4, 0.5) is 5.69 Å². The van der Waals surface area contributed by atoms with Crippen molar-refractivity contribution in [1.82, 2.24) is 0 Å². The number of halogens is 2. The van der Waals surface area contributed by atoms with E-state index in [4.69, 9.17) is 11.6 Å². The summed E-state index contributed by atoms with van der Waals surface area (Å²) in [5.74, 6) is -0.113. The van der Waals surface area contributed by atoms with E-state index in [1.165, 1.54) is 6.07 Å². The number of aryl methyl sites for hydroxylation is 1. The predicted molar refractivity (Wildman–Crippen MR) is 79.9 cm³/mol. The number of carbonyl (C=O) groups is 1. The molecule has 3 nitrogen and oxygen atoms in total. The van der Waals surface area contributed by atoms with Crippen molar-refractivity contribution in [3.63, 3.8) is 0 Å². The summed E-state index contributed by atoms with van der Waals surface area (Å²) in [6.07, 6.45) is 0. The molecule has 2 N–H and O–H groups in total. The SMILES string of the molecule is Cc1cc(O)ccc1C(=O)Nc1cc(Cl)ccc1Br. The quantitative estimate of drug-likeness (QED) is 0.853. The molecule has 19 heavy (non-hydrogen) atoms. The van der Waals surface area contributed by atoms with Crippen LogP contribution in [-0.2, 0) is 0 Å². The molecule has 0 unspecified atom stereocenters. The molecule has 0 bridgehead atoms. The first-order valence-corrected chi connectivity index (χ1v) is 6.70. The van der Waals surface area contributed by atoms with Gasteiger partial charge in [0.05, 0.1) is 5.69 Å². The maximum Gasteiger partial charge on any atom is 0.255 e. The van der Waals surface area contributed by atoms with Crippen LogP contribution in [0.5, 0.6) is 5.75 Å². The second-order valence-electron chi connectivity index (χ2n) is 4.08. The summed E-state index contributed by atoms with van der Waals surface area (Å²) >= 11 is 9.24. The van der Waals surface area contributed by atoms with Gasteiger partial charge in [-0.05, 0) is 64.8 Å². The summed E-state index contributed by atoms with van der Waals surface area (Å²) in [6, 6.07) is 9.77. The molecule has 2 aromatic carbocycles. The van der Waals surface area contributed by atoms with Crippen molar-refractivity contribution >= 4 is 39.1 Å². The molecule has 1 amide bonds. The minimum atomic E-state index is -0.250. The molecule has 0 aromatic heterocycles. The molecule has 5 heteroatoms. The van der Waals surface area contributed by atoms with Crippen molar-refractivity contribution in [1.29, 1.82) is 0 Å². The van der Waals surface area contributed by atoms with Gasteiger partial charge in [-0.2, -0.15) is 0 Å². The van der Waals surface area contributed by atoms with Crippen LogP contribution in [0.2, 0.25) is 5.02 Å². The van der Waals surface area contributed by atoms with E-state index < -0.39 is 0 Å². The molecule has 0 fully saturated rings. The lowest BCUT2D eigenvalue weighted by molar-refractivity contribution is 0.102. The molecule has 0 aliphatic heterocycles. The Hall–Kier alpha value is -1.52. The number of rotatable bonds is 2. The molecule has 0 spiro atoms. The molecule has 2 rings (SSSR count). The van der Waals surface area contributed by atoms with Crippen molar-refractivity contribution in [3.8, 4) is 5.75 Å². The zero-order chi connectivity index (χ0) is 14.0. The van der Waals surface area contributed by atoms with Gasteiger partial charge in [-0.15, -0.1) is 0 Å². The average Bonchev–Trinajstić information content (AvgIpc) is 2.33. The van der Waals surface area contributed by atoms with Crippen LogP contribution in [0.25, 0.3) is 0 Å². The Labute approximate surface area is 124 Å². The highest BCUT2D eigenvalue weighted by atomic mass is 79.9. The first-order valence-electron chi connectivity index (χ1n) is 5.53. The smallest absolute Gasteiger partial charge is 0.255 e. The summed E-state index contributed by atoms with van der Waals surface area (Å²) in [6.45, 7) is 1.77. The van der Waals surface area contributed by atoms with Gasteiger partial charge in [0.2, 0.25) is 0 Å². The van der Waals surface area contributed by atoms with Crippen LogP contribution in [0.3, 0.4) is 0 Å². The number of nitrogens with one attached hydrogen (secondary N) is 1. The molecule has 0 aliphatic rings. The number of aromatic hydroxyl groups is 1. The monoisotopic (exact) mass is 339 g/mol. The number of hydrogen-bond donors (Lipinski definition) is 2. The summed E-state index contributed by atoms with van der Waals surface area (Å²) in [5, 5.41) is 12.7. The second-order valence-corrected chi connectivity index (χ2v) is 5.37. The van der Waals surface area contributed by atoms with E-state index >= 15 is 0 Å². The number of hydrogen-bond acceptors (Lipinski definition) is 2. The van der Waals surface area contributed by atoms with Gasteiger partial charge in [0.15, 0.2) is 0 Å². The molecule has 2 aromatic rings. The van der Waals surface area contributed by atoms with Gasteiger partial charge in [-0.25, -0.2) is 0 Å². The molecule has 0 saturated heterocycles. The van der Waals surface area contributed by atoms with E-state index in [-0.39, 0.29) is 11.7 Å². The van der Waals surface area contributed by atoms with Crippen molar-refractivity contribution in [2.75, 3.05) is 5.32 Å². The van der Waals surface area contributed by atoms with E-state index in [9.17, 15) is 9.90 Å². The Morgan fingerprint density at radius 2 is 2.00 bits per heavy atom. The van der Waals surface area contributed by atoms with Crippen LogP contribution in [0.15, 0.2) is 40.9 Å². The minimum absolute atomic E-state index is 0.137. The number of phenols is 1. The Balaban J connectivity index is 2.28. The first kappa shape index (κ1) is 13.9.